The van der Waals surface area contributed by atoms with E-state index in [1.165, 1.54) is 0 Å². The number of rotatable bonds is 9. The van der Waals surface area contributed by atoms with Gasteiger partial charge in [0.2, 0.25) is 0 Å². The predicted octanol–water partition coefficient (Wildman–Crippen LogP) is 4.16. The average Bonchev–Trinajstić information content (AvgIpc) is 3.41. The maximum Gasteiger partial charge on any atom is 0.290 e. The number of aryl methyl sites for hydroxylation is 1. The van der Waals surface area contributed by atoms with Crippen LogP contribution in [0.15, 0.2) is 65.9 Å². The normalized spacial score (nSPS) is 20.8. The Morgan fingerprint density at radius 2 is 1.91 bits per heavy atom. The number of hydrogen-bond donors (Lipinski definition) is 1. The Balaban J connectivity index is 1.61. The van der Waals surface area contributed by atoms with Crippen LogP contribution in [-0.4, -0.2) is 47.6 Å². The first-order chi connectivity index (χ1) is 15.6. The van der Waals surface area contributed by atoms with Crippen molar-refractivity contribution >= 4 is 11.7 Å². The topological polar surface area (TPSA) is 76.1 Å². The number of ketones is 1. The van der Waals surface area contributed by atoms with E-state index in [1.54, 1.807) is 4.90 Å². The van der Waals surface area contributed by atoms with Crippen molar-refractivity contribution in [1.29, 1.82) is 0 Å². The van der Waals surface area contributed by atoms with Crippen LogP contribution < -0.4 is 4.74 Å². The average molecular weight is 436 g/mol. The second-order valence-corrected chi connectivity index (χ2v) is 8.17. The monoisotopic (exact) mass is 435 g/mol. The highest BCUT2D eigenvalue weighted by atomic mass is 16.5. The number of nitrogens with zero attached hydrogens (tertiary/aromatic N) is 1. The van der Waals surface area contributed by atoms with E-state index in [1.807, 2.05) is 61.5 Å². The van der Waals surface area contributed by atoms with Crippen LogP contribution in [0, 0.1) is 0 Å². The molecule has 6 heteroatoms. The van der Waals surface area contributed by atoms with Crippen molar-refractivity contribution in [3.63, 3.8) is 0 Å². The fourth-order valence-corrected chi connectivity index (χ4v) is 4.43. The molecule has 1 fully saturated rings. The summed E-state index contributed by atoms with van der Waals surface area (Å²) in [6.45, 7) is 3.48. The van der Waals surface area contributed by atoms with Crippen molar-refractivity contribution < 1.29 is 24.2 Å². The second-order valence-electron chi connectivity index (χ2n) is 8.17. The van der Waals surface area contributed by atoms with E-state index < -0.39 is 17.7 Å². The fraction of sp³-hybridized carbons (Fsp3) is 0.385. The van der Waals surface area contributed by atoms with E-state index in [2.05, 4.69) is 0 Å². The molecule has 2 aliphatic heterocycles. The van der Waals surface area contributed by atoms with E-state index in [9.17, 15) is 14.7 Å². The minimum atomic E-state index is -0.634. The van der Waals surface area contributed by atoms with Gasteiger partial charge in [0.05, 0.1) is 24.3 Å². The molecule has 32 heavy (non-hydrogen) atoms. The first kappa shape index (κ1) is 22.1. The zero-order chi connectivity index (χ0) is 22.5. The summed E-state index contributed by atoms with van der Waals surface area (Å²) in [5.41, 5.74) is 1.99. The number of aliphatic hydroxyl groups is 1. The number of aliphatic hydroxyl groups excluding tert-OH is 1. The first-order valence-corrected chi connectivity index (χ1v) is 11.2. The standard InChI is InChI=1S/C26H29NO5/c1-2-31-20-13-11-19(12-14-20)24-23(22(28)15-10-18-7-4-3-5-8-18)25(29)26(30)27(24)17-21-9-6-16-32-21/h3-5,7-8,11-14,21,24,29H,2,6,9-10,15-17H2,1H3. The number of hydrogen-bond acceptors (Lipinski definition) is 5. The molecular formula is C26H29NO5. The van der Waals surface area contributed by atoms with Crippen molar-refractivity contribution in [3.05, 3.63) is 77.1 Å². The van der Waals surface area contributed by atoms with E-state index in [0.717, 1.165) is 29.7 Å². The molecule has 4 rings (SSSR count). The summed E-state index contributed by atoms with van der Waals surface area (Å²) in [6, 6.07) is 16.5. The lowest BCUT2D eigenvalue weighted by Crippen LogP contribution is -2.37. The van der Waals surface area contributed by atoms with Gasteiger partial charge in [0, 0.05) is 19.6 Å². The van der Waals surface area contributed by atoms with Crippen molar-refractivity contribution in [3.8, 4) is 5.75 Å². The van der Waals surface area contributed by atoms with Crippen LogP contribution in [0.3, 0.4) is 0 Å². The molecule has 1 saturated heterocycles. The summed E-state index contributed by atoms with van der Waals surface area (Å²) in [6.07, 6.45) is 2.49. The van der Waals surface area contributed by atoms with Gasteiger partial charge in [-0.05, 0) is 49.4 Å². The van der Waals surface area contributed by atoms with Crippen LogP contribution in [0.5, 0.6) is 5.75 Å². The summed E-state index contributed by atoms with van der Waals surface area (Å²) in [7, 11) is 0. The number of amides is 1. The minimum absolute atomic E-state index is 0.0873. The Bertz CT molecular complexity index is 977. The van der Waals surface area contributed by atoms with Gasteiger partial charge in [-0.2, -0.15) is 0 Å². The van der Waals surface area contributed by atoms with Gasteiger partial charge in [0.25, 0.3) is 5.91 Å². The molecule has 2 aromatic rings. The molecule has 2 aromatic carbocycles. The van der Waals surface area contributed by atoms with Crippen LogP contribution in [-0.2, 0) is 20.7 Å². The summed E-state index contributed by atoms with van der Waals surface area (Å²) in [4.78, 5) is 27.9. The molecule has 1 amide bonds. The zero-order valence-electron chi connectivity index (χ0n) is 18.3. The molecule has 0 aromatic heterocycles. The summed E-state index contributed by atoms with van der Waals surface area (Å²) in [5.74, 6) is -0.452. The SMILES string of the molecule is CCOc1ccc(C2C(C(=O)CCc3ccccc3)=C(O)C(=O)N2CC2CCCO2)cc1. The smallest absolute Gasteiger partial charge is 0.290 e. The van der Waals surface area contributed by atoms with Gasteiger partial charge in [-0.25, -0.2) is 0 Å². The third-order valence-electron chi connectivity index (χ3n) is 6.02. The minimum Gasteiger partial charge on any atom is -0.503 e. The molecule has 6 nitrogen and oxygen atoms in total. The molecule has 0 bridgehead atoms. The fourth-order valence-electron chi connectivity index (χ4n) is 4.43. The molecule has 2 unspecified atom stereocenters. The molecule has 0 spiro atoms. The largest absolute Gasteiger partial charge is 0.503 e. The quantitative estimate of drug-likeness (QED) is 0.640. The van der Waals surface area contributed by atoms with E-state index in [4.69, 9.17) is 9.47 Å². The molecule has 2 atom stereocenters. The maximum absolute atomic E-state index is 13.3. The highest BCUT2D eigenvalue weighted by molar-refractivity contribution is 6.09. The van der Waals surface area contributed by atoms with Crippen molar-refractivity contribution in [2.75, 3.05) is 19.8 Å². The molecular weight excluding hydrogens is 406 g/mol. The van der Waals surface area contributed by atoms with E-state index in [-0.39, 0.29) is 23.9 Å². The number of carbonyl (C=O) groups is 2. The van der Waals surface area contributed by atoms with E-state index in [0.29, 0.717) is 26.2 Å². The lowest BCUT2D eigenvalue weighted by atomic mass is 9.93. The molecule has 0 radical (unpaired) electrons. The Morgan fingerprint density at radius 3 is 2.56 bits per heavy atom. The Hall–Kier alpha value is -3.12. The van der Waals surface area contributed by atoms with Crippen molar-refractivity contribution in [2.45, 2.75) is 44.8 Å². The van der Waals surface area contributed by atoms with Crippen LogP contribution in [0.4, 0.5) is 0 Å². The van der Waals surface area contributed by atoms with E-state index >= 15 is 0 Å². The van der Waals surface area contributed by atoms with Gasteiger partial charge in [-0.15, -0.1) is 0 Å². The third kappa shape index (κ3) is 4.70. The lowest BCUT2D eigenvalue weighted by Gasteiger charge is -2.29. The summed E-state index contributed by atoms with van der Waals surface area (Å²) < 4.78 is 11.3. The van der Waals surface area contributed by atoms with Gasteiger partial charge in [-0.1, -0.05) is 42.5 Å². The number of carbonyl (C=O) groups excluding carboxylic acids is 2. The van der Waals surface area contributed by atoms with Gasteiger partial charge >= 0.3 is 0 Å². The van der Waals surface area contributed by atoms with Crippen LogP contribution in [0.2, 0.25) is 0 Å². The Morgan fingerprint density at radius 1 is 1.16 bits per heavy atom. The first-order valence-electron chi connectivity index (χ1n) is 11.2. The van der Waals surface area contributed by atoms with Gasteiger partial charge in [0.1, 0.15) is 5.75 Å². The van der Waals surface area contributed by atoms with Crippen LogP contribution in [0.25, 0.3) is 0 Å². The second kappa shape index (κ2) is 10.0. The summed E-state index contributed by atoms with van der Waals surface area (Å²) >= 11 is 0. The summed E-state index contributed by atoms with van der Waals surface area (Å²) in [5, 5.41) is 10.7. The zero-order valence-corrected chi connectivity index (χ0v) is 18.3. The maximum atomic E-state index is 13.3. The van der Waals surface area contributed by atoms with Crippen LogP contribution >= 0.6 is 0 Å². The van der Waals surface area contributed by atoms with Gasteiger partial charge in [0.15, 0.2) is 11.5 Å². The molecule has 2 aliphatic rings. The number of Topliss-reactive ketones (excluding diaryl/α,β-unsaturated/α-hetero) is 1. The predicted molar refractivity (Wildman–Crippen MR) is 120 cm³/mol. The van der Waals surface area contributed by atoms with Crippen LogP contribution in [0.1, 0.15) is 43.4 Å². The van der Waals surface area contributed by atoms with Gasteiger partial charge < -0.3 is 19.5 Å². The van der Waals surface area contributed by atoms with Crippen molar-refractivity contribution in [1.82, 2.24) is 4.90 Å². The Kier molecular flexibility index (Phi) is 6.90. The van der Waals surface area contributed by atoms with Gasteiger partial charge in [-0.3, -0.25) is 9.59 Å². The lowest BCUT2D eigenvalue weighted by molar-refractivity contribution is -0.131. The molecule has 1 N–H and O–H groups in total. The Labute approximate surface area is 188 Å². The third-order valence-corrected chi connectivity index (χ3v) is 6.02. The molecule has 168 valence electrons. The number of benzene rings is 2. The number of ether oxygens (including phenoxy) is 2. The molecule has 2 heterocycles. The van der Waals surface area contributed by atoms with Crippen molar-refractivity contribution in [2.24, 2.45) is 0 Å². The highest BCUT2D eigenvalue weighted by Crippen LogP contribution is 2.39. The molecule has 0 saturated carbocycles. The highest BCUT2D eigenvalue weighted by Gasteiger charge is 2.44. The molecule has 0 aliphatic carbocycles.